The van der Waals surface area contributed by atoms with Gasteiger partial charge in [0.1, 0.15) is 0 Å². The van der Waals surface area contributed by atoms with Crippen molar-refractivity contribution in [3.63, 3.8) is 0 Å². The van der Waals surface area contributed by atoms with Crippen LogP contribution in [-0.4, -0.2) is 33.2 Å². The summed E-state index contributed by atoms with van der Waals surface area (Å²) in [6.07, 6.45) is 0.996. The molecule has 0 radical (unpaired) electrons. The van der Waals surface area contributed by atoms with Crippen LogP contribution in [0.25, 0.3) is 0 Å². The molecule has 0 unspecified atom stereocenters. The van der Waals surface area contributed by atoms with Gasteiger partial charge in [0.15, 0.2) is 23.1 Å². The van der Waals surface area contributed by atoms with E-state index in [2.05, 4.69) is 10.6 Å². The average Bonchev–Trinajstić information content (AvgIpc) is 2.64. The lowest BCUT2D eigenvalue weighted by atomic mass is 10.1. The number of hydrogen-bond donors (Lipinski definition) is 2. The molecule has 2 aromatic rings. The van der Waals surface area contributed by atoms with Crippen molar-refractivity contribution >= 4 is 11.6 Å². The van der Waals surface area contributed by atoms with E-state index in [9.17, 15) is 13.6 Å². The summed E-state index contributed by atoms with van der Waals surface area (Å²) in [6, 6.07) is 8.98. The minimum Gasteiger partial charge on any atom is -0.493 e. The van der Waals surface area contributed by atoms with Gasteiger partial charge in [-0.2, -0.15) is 0 Å². The minimum absolute atomic E-state index is 0.227. The van der Waals surface area contributed by atoms with Crippen LogP contribution in [0.15, 0.2) is 36.4 Å². The molecule has 0 aliphatic heterocycles. The third kappa shape index (κ3) is 5.70. The first-order valence-corrected chi connectivity index (χ1v) is 8.20. The smallest absolute Gasteiger partial charge is 0.225 e. The van der Waals surface area contributed by atoms with E-state index in [0.717, 1.165) is 24.1 Å². The fourth-order valence-electron chi connectivity index (χ4n) is 2.39. The Balaban J connectivity index is 1.70. The lowest BCUT2D eigenvalue weighted by Gasteiger charge is -2.10. The summed E-state index contributed by atoms with van der Waals surface area (Å²) in [5.41, 5.74) is 1.32. The maximum Gasteiger partial charge on any atom is 0.225 e. The number of ether oxygens (including phenoxy) is 2. The molecule has 0 saturated heterocycles. The first-order chi connectivity index (χ1) is 12.5. The minimum atomic E-state index is -0.990. The largest absolute Gasteiger partial charge is 0.493 e. The molecule has 0 heterocycles. The molecule has 0 aliphatic carbocycles. The molecule has 0 aliphatic rings. The molecule has 2 N–H and O–H groups in total. The van der Waals surface area contributed by atoms with Crippen LogP contribution in [0, 0.1) is 11.6 Å². The first kappa shape index (κ1) is 19.7. The van der Waals surface area contributed by atoms with Crippen molar-refractivity contribution in [2.75, 3.05) is 32.6 Å². The van der Waals surface area contributed by atoms with E-state index in [1.807, 2.05) is 18.2 Å². The van der Waals surface area contributed by atoms with Crippen LogP contribution in [0.4, 0.5) is 14.5 Å². The van der Waals surface area contributed by atoms with Gasteiger partial charge in [-0.25, -0.2) is 8.78 Å². The van der Waals surface area contributed by atoms with E-state index in [4.69, 9.17) is 9.47 Å². The molecule has 7 heteroatoms. The zero-order valence-corrected chi connectivity index (χ0v) is 14.8. The first-order valence-electron chi connectivity index (χ1n) is 8.20. The van der Waals surface area contributed by atoms with E-state index in [1.165, 1.54) is 6.07 Å². The Morgan fingerprint density at radius 1 is 0.962 bits per heavy atom. The van der Waals surface area contributed by atoms with Crippen LogP contribution in [-0.2, 0) is 11.2 Å². The third-order valence-electron chi connectivity index (χ3n) is 3.77. The number of benzene rings is 2. The number of anilines is 1. The highest BCUT2D eigenvalue weighted by atomic mass is 19.2. The Bertz CT molecular complexity index is 754. The molecule has 0 fully saturated rings. The Morgan fingerprint density at radius 2 is 1.73 bits per heavy atom. The van der Waals surface area contributed by atoms with Crippen LogP contribution >= 0.6 is 0 Å². The van der Waals surface area contributed by atoms with Gasteiger partial charge in [-0.1, -0.05) is 6.07 Å². The molecular formula is C19H22F2N2O3. The van der Waals surface area contributed by atoms with E-state index < -0.39 is 11.6 Å². The molecule has 5 nitrogen and oxygen atoms in total. The highest BCUT2D eigenvalue weighted by molar-refractivity contribution is 5.90. The van der Waals surface area contributed by atoms with Crippen molar-refractivity contribution in [2.24, 2.45) is 0 Å². The van der Waals surface area contributed by atoms with E-state index in [0.29, 0.717) is 24.6 Å². The number of rotatable bonds is 9. The van der Waals surface area contributed by atoms with Gasteiger partial charge in [0.25, 0.3) is 0 Å². The van der Waals surface area contributed by atoms with Crippen molar-refractivity contribution in [1.82, 2.24) is 5.32 Å². The number of halogens is 2. The second kappa shape index (κ2) is 9.72. The molecule has 140 valence electrons. The number of methoxy groups -OCH3 is 2. The van der Waals surface area contributed by atoms with E-state index >= 15 is 0 Å². The highest BCUT2D eigenvalue weighted by Crippen LogP contribution is 2.27. The topological polar surface area (TPSA) is 59.6 Å². The summed E-state index contributed by atoms with van der Waals surface area (Å²) in [5, 5.41) is 5.70. The van der Waals surface area contributed by atoms with Crippen molar-refractivity contribution in [2.45, 2.75) is 12.8 Å². The summed E-state index contributed by atoms with van der Waals surface area (Å²) in [5.74, 6) is -0.848. The van der Waals surface area contributed by atoms with Gasteiger partial charge in [-0.05, 0) is 42.8 Å². The third-order valence-corrected chi connectivity index (χ3v) is 3.77. The van der Waals surface area contributed by atoms with E-state index in [-0.39, 0.29) is 18.0 Å². The number of nitrogens with one attached hydrogen (secondary N) is 2. The van der Waals surface area contributed by atoms with Gasteiger partial charge in [0.05, 0.1) is 14.2 Å². The van der Waals surface area contributed by atoms with Crippen molar-refractivity contribution in [1.29, 1.82) is 0 Å². The molecule has 2 aromatic carbocycles. The average molecular weight is 364 g/mol. The summed E-state index contributed by atoms with van der Waals surface area (Å²) >= 11 is 0. The fraction of sp³-hybridized carbons (Fsp3) is 0.316. The Hall–Kier alpha value is -2.67. The lowest BCUT2D eigenvalue weighted by molar-refractivity contribution is -0.116. The van der Waals surface area contributed by atoms with Crippen LogP contribution in [0.3, 0.4) is 0 Å². The van der Waals surface area contributed by atoms with Crippen LogP contribution in [0.5, 0.6) is 11.5 Å². The van der Waals surface area contributed by atoms with Gasteiger partial charge in [-0.3, -0.25) is 4.79 Å². The van der Waals surface area contributed by atoms with Crippen LogP contribution in [0.1, 0.15) is 12.0 Å². The highest BCUT2D eigenvalue weighted by Gasteiger charge is 2.07. The van der Waals surface area contributed by atoms with Crippen molar-refractivity contribution < 1.29 is 23.0 Å². The van der Waals surface area contributed by atoms with Gasteiger partial charge in [0, 0.05) is 24.7 Å². The lowest BCUT2D eigenvalue weighted by Crippen LogP contribution is -2.23. The standard InChI is InChI=1S/C19H22F2N2O3/c1-25-17-6-3-13(11-18(17)26-2)7-9-22-10-8-19(24)23-14-4-5-15(20)16(21)12-14/h3-6,11-12,22H,7-10H2,1-2H3,(H,23,24). The number of carbonyl (C=O) groups excluding carboxylic acids is 1. The molecule has 0 atom stereocenters. The molecule has 0 saturated carbocycles. The van der Waals surface area contributed by atoms with Crippen molar-refractivity contribution in [3.05, 3.63) is 53.6 Å². The molecule has 1 amide bonds. The summed E-state index contributed by atoms with van der Waals surface area (Å²) in [7, 11) is 3.18. The van der Waals surface area contributed by atoms with Gasteiger partial charge in [0.2, 0.25) is 5.91 Å². The zero-order chi connectivity index (χ0) is 18.9. The maximum atomic E-state index is 13.1. The SMILES string of the molecule is COc1ccc(CCNCCC(=O)Nc2ccc(F)c(F)c2)cc1OC. The molecular weight excluding hydrogens is 342 g/mol. The molecule has 0 spiro atoms. The number of hydrogen-bond acceptors (Lipinski definition) is 4. The Labute approximate surface area is 151 Å². The molecule has 0 bridgehead atoms. The van der Waals surface area contributed by atoms with E-state index in [1.54, 1.807) is 14.2 Å². The summed E-state index contributed by atoms with van der Waals surface area (Å²) < 4.78 is 36.4. The quantitative estimate of drug-likeness (QED) is 0.671. The van der Waals surface area contributed by atoms with Crippen LogP contribution < -0.4 is 20.1 Å². The van der Waals surface area contributed by atoms with Gasteiger partial charge in [-0.15, -0.1) is 0 Å². The molecule has 26 heavy (non-hydrogen) atoms. The molecule has 2 rings (SSSR count). The zero-order valence-electron chi connectivity index (χ0n) is 14.8. The number of carbonyl (C=O) groups is 1. The second-order valence-electron chi connectivity index (χ2n) is 5.62. The number of amides is 1. The fourth-order valence-corrected chi connectivity index (χ4v) is 2.39. The Morgan fingerprint density at radius 3 is 2.42 bits per heavy atom. The molecule has 0 aromatic heterocycles. The second-order valence-corrected chi connectivity index (χ2v) is 5.62. The summed E-state index contributed by atoms with van der Waals surface area (Å²) in [4.78, 5) is 11.8. The predicted octanol–water partition coefficient (Wildman–Crippen LogP) is 3.14. The maximum absolute atomic E-state index is 13.1. The predicted molar refractivity (Wildman–Crippen MR) is 95.7 cm³/mol. The van der Waals surface area contributed by atoms with Crippen LogP contribution in [0.2, 0.25) is 0 Å². The Kier molecular flexibility index (Phi) is 7.35. The van der Waals surface area contributed by atoms with Gasteiger partial charge < -0.3 is 20.1 Å². The normalized spacial score (nSPS) is 10.5. The van der Waals surface area contributed by atoms with Gasteiger partial charge >= 0.3 is 0 Å². The summed E-state index contributed by atoms with van der Waals surface area (Å²) in [6.45, 7) is 1.16. The monoisotopic (exact) mass is 364 g/mol. The van der Waals surface area contributed by atoms with Crippen molar-refractivity contribution in [3.8, 4) is 11.5 Å².